The SMILES string of the molecule is CC1=C(O)CCCO1. The Labute approximate surface area is 48.8 Å². The summed E-state index contributed by atoms with van der Waals surface area (Å²) in [5.41, 5.74) is 0. The van der Waals surface area contributed by atoms with Gasteiger partial charge in [-0.1, -0.05) is 0 Å². The quantitative estimate of drug-likeness (QED) is 0.518. The second-order valence-electron chi connectivity index (χ2n) is 1.95. The van der Waals surface area contributed by atoms with Gasteiger partial charge in [0.2, 0.25) is 0 Å². The summed E-state index contributed by atoms with van der Waals surface area (Å²) < 4.78 is 5.02. The molecule has 0 saturated carbocycles. The highest BCUT2D eigenvalue weighted by atomic mass is 16.5. The topological polar surface area (TPSA) is 29.5 Å². The van der Waals surface area contributed by atoms with Crippen LogP contribution in [0.1, 0.15) is 19.8 Å². The molecule has 1 N–H and O–H groups in total. The van der Waals surface area contributed by atoms with Gasteiger partial charge < -0.3 is 9.84 Å². The van der Waals surface area contributed by atoms with E-state index in [1.165, 1.54) is 0 Å². The average Bonchev–Trinajstić information content (AvgIpc) is 1.77. The Bertz CT molecular complexity index is 102. The van der Waals surface area contributed by atoms with E-state index in [2.05, 4.69) is 0 Å². The van der Waals surface area contributed by atoms with Gasteiger partial charge in [0, 0.05) is 6.42 Å². The van der Waals surface area contributed by atoms with E-state index in [1.54, 1.807) is 6.92 Å². The van der Waals surface area contributed by atoms with E-state index in [4.69, 9.17) is 9.84 Å². The number of ether oxygens (including phenoxy) is 1. The van der Waals surface area contributed by atoms with E-state index in [0.29, 0.717) is 11.5 Å². The van der Waals surface area contributed by atoms with Gasteiger partial charge in [-0.25, -0.2) is 0 Å². The molecule has 0 atom stereocenters. The maximum absolute atomic E-state index is 8.93. The summed E-state index contributed by atoms with van der Waals surface area (Å²) in [6.45, 7) is 2.55. The van der Waals surface area contributed by atoms with E-state index < -0.39 is 0 Å². The van der Waals surface area contributed by atoms with Crippen molar-refractivity contribution in [3.05, 3.63) is 11.5 Å². The smallest absolute Gasteiger partial charge is 0.130 e. The third kappa shape index (κ3) is 0.941. The van der Waals surface area contributed by atoms with E-state index in [0.717, 1.165) is 19.4 Å². The summed E-state index contributed by atoms with van der Waals surface area (Å²) in [6, 6.07) is 0. The van der Waals surface area contributed by atoms with Crippen LogP contribution in [-0.4, -0.2) is 11.7 Å². The van der Waals surface area contributed by atoms with Crippen molar-refractivity contribution in [1.82, 2.24) is 0 Å². The fourth-order valence-electron chi connectivity index (χ4n) is 0.724. The van der Waals surface area contributed by atoms with Gasteiger partial charge >= 0.3 is 0 Å². The monoisotopic (exact) mass is 114 g/mol. The van der Waals surface area contributed by atoms with Crippen molar-refractivity contribution in [3.8, 4) is 0 Å². The molecule has 0 fully saturated rings. The van der Waals surface area contributed by atoms with Crippen molar-refractivity contribution in [2.45, 2.75) is 19.8 Å². The molecule has 0 saturated heterocycles. The van der Waals surface area contributed by atoms with Crippen LogP contribution in [0.5, 0.6) is 0 Å². The minimum absolute atomic E-state index is 0.413. The predicted molar refractivity (Wildman–Crippen MR) is 30.5 cm³/mol. The molecule has 46 valence electrons. The second kappa shape index (κ2) is 2.07. The lowest BCUT2D eigenvalue weighted by Crippen LogP contribution is -2.03. The van der Waals surface area contributed by atoms with E-state index in [1.807, 2.05) is 0 Å². The van der Waals surface area contributed by atoms with Crippen molar-refractivity contribution in [2.75, 3.05) is 6.61 Å². The van der Waals surface area contributed by atoms with Crippen LogP contribution >= 0.6 is 0 Å². The molecule has 0 aromatic rings. The van der Waals surface area contributed by atoms with Crippen LogP contribution in [0.15, 0.2) is 11.5 Å². The first-order chi connectivity index (χ1) is 3.80. The van der Waals surface area contributed by atoms with Gasteiger partial charge in [-0.15, -0.1) is 0 Å². The Morgan fingerprint density at radius 3 is 2.75 bits per heavy atom. The maximum Gasteiger partial charge on any atom is 0.130 e. The average molecular weight is 114 g/mol. The number of aliphatic hydroxyl groups excluding tert-OH is 1. The summed E-state index contributed by atoms with van der Waals surface area (Å²) in [4.78, 5) is 0. The zero-order valence-corrected chi connectivity index (χ0v) is 4.98. The molecule has 0 radical (unpaired) electrons. The Hall–Kier alpha value is -0.660. The van der Waals surface area contributed by atoms with E-state index in [9.17, 15) is 0 Å². The summed E-state index contributed by atoms with van der Waals surface area (Å²) in [6.07, 6.45) is 1.73. The van der Waals surface area contributed by atoms with Gasteiger partial charge in [0.15, 0.2) is 0 Å². The first-order valence-electron chi connectivity index (χ1n) is 2.82. The third-order valence-corrected chi connectivity index (χ3v) is 1.28. The molecule has 2 nitrogen and oxygen atoms in total. The minimum atomic E-state index is 0.413. The normalized spacial score (nSPS) is 20.6. The van der Waals surface area contributed by atoms with Gasteiger partial charge in [0.25, 0.3) is 0 Å². The molecule has 0 aromatic carbocycles. The molecule has 0 bridgehead atoms. The summed E-state index contributed by atoms with van der Waals surface area (Å²) in [5, 5.41) is 8.93. The van der Waals surface area contributed by atoms with Gasteiger partial charge in [0.1, 0.15) is 11.5 Å². The zero-order valence-electron chi connectivity index (χ0n) is 4.98. The van der Waals surface area contributed by atoms with Crippen LogP contribution in [0.2, 0.25) is 0 Å². The number of hydrogen-bond acceptors (Lipinski definition) is 2. The number of hydrogen-bond donors (Lipinski definition) is 1. The number of allylic oxidation sites excluding steroid dienone is 2. The molecule has 2 heteroatoms. The highest BCUT2D eigenvalue weighted by Gasteiger charge is 2.06. The summed E-state index contributed by atoms with van der Waals surface area (Å²) in [7, 11) is 0. The Morgan fingerprint density at radius 1 is 1.62 bits per heavy atom. The lowest BCUT2D eigenvalue weighted by molar-refractivity contribution is 0.157. The Morgan fingerprint density at radius 2 is 2.38 bits per heavy atom. The van der Waals surface area contributed by atoms with E-state index in [-0.39, 0.29) is 0 Å². The van der Waals surface area contributed by atoms with E-state index >= 15 is 0 Å². The molecule has 0 aromatic heterocycles. The number of aliphatic hydroxyl groups is 1. The van der Waals surface area contributed by atoms with Gasteiger partial charge in [-0.05, 0) is 13.3 Å². The van der Waals surface area contributed by atoms with Crippen LogP contribution in [0.25, 0.3) is 0 Å². The Kier molecular flexibility index (Phi) is 1.42. The van der Waals surface area contributed by atoms with Gasteiger partial charge in [0.05, 0.1) is 6.61 Å². The van der Waals surface area contributed by atoms with Crippen LogP contribution in [-0.2, 0) is 4.74 Å². The maximum atomic E-state index is 8.93. The lowest BCUT2D eigenvalue weighted by Gasteiger charge is -2.13. The standard InChI is InChI=1S/C6H10O2/c1-5-6(7)3-2-4-8-5/h7H,2-4H2,1H3. The third-order valence-electron chi connectivity index (χ3n) is 1.28. The predicted octanol–water partition coefficient (Wildman–Crippen LogP) is 1.59. The minimum Gasteiger partial charge on any atom is -0.509 e. The molecule has 1 aliphatic heterocycles. The molecule has 1 rings (SSSR count). The molecule has 1 aliphatic rings. The van der Waals surface area contributed by atoms with Crippen LogP contribution in [0.3, 0.4) is 0 Å². The summed E-state index contributed by atoms with van der Waals surface area (Å²) >= 11 is 0. The Balaban J connectivity index is 2.60. The van der Waals surface area contributed by atoms with Crippen molar-refractivity contribution in [2.24, 2.45) is 0 Å². The fraction of sp³-hybridized carbons (Fsp3) is 0.667. The zero-order chi connectivity index (χ0) is 5.98. The molecular weight excluding hydrogens is 104 g/mol. The summed E-state index contributed by atoms with van der Waals surface area (Å²) in [5.74, 6) is 1.10. The fourth-order valence-corrected chi connectivity index (χ4v) is 0.724. The molecule has 1 heterocycles. The molecule has 0 aliphatic carbocycles. The van der Waals surface area contributed by atoms with Crippen LogP contribution < -0.4 is 0 Å². The first-order valence-corrected chi connectivity index (χ1v) is 2.82. The van der Waals surface area contributed by atoms with Crippen molar-refractivity contribution in [3.63, 3.8) is 0 Å². The molecule has 8 heavy (non-hydrogen) atoms. The molecule has 0 spiro atoms. The molecular formula is C6H10O2. The molecule has 0 amide bonds. The van der Waals surface area contributed by atoms with Crippen LogP contribution in [0.4, 0.5) is 0 Å². The van der Waals surface area contributed by atoms with Gasteiger partial charge in [-0.2, -0.15) is 0 Å². The van der Waals surface area contributed by atoms with Crippen molar-refractivity contribution < 1.29 is 9.84 Å². The first kappa shape index (κ1) is 5.48. The highest BCUT2D eigenvalue weighted by molar-refractivity contribution is 4.98. The van der Waals surface area contributed by atoms with Crippen LogP contribution in [0, 0.1) is 0 Å². The van der Waals surface area contributed by atoms with Crippen molar-refractivity contribution >= 4 is 0 Å². The second-order valence-corrected chi connectivity index (χ2v) is 1.95. The largest absolute Gasteiger partial charge is 0.509 e. The highest BCUT2D eigenvalue weighted by Crippen LogP contribution is 2.14. The number of rotatable bonds is 0. The lowest BCUT2D eigenvalue weighted by atomic mass is 10.2. The van der Waals surface area contributed by atoms with Crippen molar-refractivity contribution in [1.29, 1.82) is 0 Å². The van der Waals surface area contributed by atoms with Gasteiger partial charge in [-0.3, -0.25) is 0 Å². The molecule has 0 unspecified atom stereocenters.